The molecule has 1 saturated heterocycles. The number of nitrogens with zero attached hydrogens (tertiary/aromatic N) is 3. The first-order chi connectivity index (χ1) is 13.2. The van der Waals surface area contributed by atoms with Crippen LogP contribution in [-0.2, 0) is 11.0 Å². The number of halogens is 3. The fourth-order valence-electron chi connectivity index (χ4n) is 2.96. The molecular formula is C19H19F3N4O2. The zero-order valence-electron chi connectivity index (χ0n) is 15.2. The monoisotopic (exact) mass is 392 g/mol. The van der Waals surface area contributed by atoms with E-state index in [0.717, 1.165) is 12.1 Å². The molecule has 28 heavy (non-hydrogen) atoms. The van der Waals surface area contributed by atoms with Gasteiger partial charge in [0, 0.05) is 50.6 Å². The predicted molar refractivity (Wildman–Crippen MR) is 97.1 cm³/mol. The van der Waals surface area contributed by atoms with Gasteiger partial charge in [-0.3, -0.25) is 9.59 Å². The molecule has 6 nitrogen and oxygen atoms in total. The Labute approximate surface area is 160 Å². The first kappa shape index (κ1) is 19.7. The van der Waals surface area contributed by atoms with Gasteiger partial charge in [-0.1, -0.05) is 6.07 Å². The van der Waals surface area contributed by atoms with E-state index in [2.05, 4.69) is 10.3 Å². The lowest BCUT2D eigenvalue weighted by Crippen LogP contribution is -2.50. The Bertz CT molecular complexity index is 877. The van der Waals surface area contributed by atoms with Crippen molar-refractivity contribution in [3.8, 4) is 0 Å². The Morgan fingerprint density at radius 2 is 1.71 bits per heavy atom. The molecule has 1 aliphatic heterocycles. The summed E-state index contributed by atoms with van der Waals surface area (Å²) in [5.41, 5.74) is -0.171. The molecule has 2 amide bonds. The second-order valence-electron chi connectivity index (χ2n) is 6.43. The quantitative estimate of drug-likeness (QED) is 0.872. The van der Waals surface area contributed by atoms with Gasteiger partial charge < -0.3 is 15.1 Å². The Balaban J connectivity index is 1.71. The standard InChI is InChI=1S/C19H19F3N4O2/c1-13(27)25-7-9-26(10-8-25)18(28)14-5-6-23-17(11-14)24-16-4-2-3-15(12-16)19(20,21)22/h2-6,11-12H,7-10H2,1H3,(H,23,24). The molecule has 0 radical (unpaired) electrons. The average molecular weight is 392 g/mol. The number of hydrogen-bond donors (Lipinski definition) is 1. The van der Waals surface area contributed by atoms with E-state index in [0.29, 0.717) is 31.7 Å². The van der Waals surface area contributed by atoms with Crippen LogP contribution in [0.5, 0.6) is 0 Å². The van der Waals surface area contributed by atoms with Crippen LogP contribution < -0.4 is 5.32 Å². The molecule has 0 spiro atoms. The zero-order valence-corrected chi connectivity index (χ0v) is 15.2. The fraction of sp³-hybridized carbons (Fsp3) is 0.316. The van der Waals surface area contributed by atoms with E-state index in [1.54, 1.807) is 15.9 Å². The minimum absolute atomic E-state index is 0.0245. The third kappa shape index (κ3) is 4.59. The summed E-state index contributed by atoms with van der Waals surface area (Å²) in [6, 6.07) is 7.81. The summed E-state index contributed by atoms with van der Waals surface area (Å²) >= 11 is 0. The molecule has 1 fully saturated rings. The maximum Gasteiger partial charge on any atom is 0.416 e. The molecule has 1 aromatic carbocycles. The number of benzene rings is 1. The minimum Gasteiger partial charge on any atom is -0.340 e. The van der Waals surface area contributed by atoms with Gasteiger partial charge in [-0.25, -0.2) is 4.98 Å². The molecule has 1 aromatic heterocycles. The summed E-state index contributed by atoms with van der Waals surface area (Å²) in [6.45, 7) is 3.29. The second kappa shape index (κ2) is 7.87. The van der Waals surface area contributed by atoms with Crippen LogP contribution in [-0.4, -0.2) is 52.8 Å². The van der Waals surface area contributed by atoms with E-state index in [9.17, 15) is 22.8 Å². The van der Waals surface area contributed by atoms with E-state index in [1.165, 1.54) is 31.3 Å². The second-order valence-corrected chi connectivity index (χ2v) is 6.43. The largest absolute Gasteiger partial charge is 0.416 e. The van der Waals surface area contributed by atoms with Crippen LogP contribution in [0.2, 0.25) is 0 Å². The van der Waals surface area contributed by atoms with Crippen molar-refractivity contribution < 1.29 is 22.8 Å². The van der Waals surface area contributed by atoms with E-state index in [1.807, 2.05) is 0 Å². The molecule has 148 valence electrons. The highest BCUT2D eigenvalue weighted by atomic mass is 19.4. The lowest BCUT2D eigenvalue weighted by molar-refractivity contribution is -0.137. The van der Waals surface area contributed by atoms with E-state index >= 15 is 0 Å². The van der Waals surface area contributed by atoms with Gasteiger partial charge in [-0.2, -0.15) is 13.2 Å². The van der Waals surface area contributed by atoms with Crippen LogP contribution in [0.15, 0.2) is 42.6 Å². The third-order valence-corrected chi connectivity index (χ3v) is 4.48. The Morgan fingerprint density at radius 1 is 1.04 bits per heavy atom. The van der Waals surface area contributed by atoms with Crippen molar-refractivity contribution in [2.24, 2.45) is 0 Å². The molecule has 1 aliphatic rings. The number of carbonyl (C=O) groups excluding carboxylic acids is 2. The van der Waals surface area contributed by atoms with Crippen molar-refractivity contribution in [2.75, 3.05) is 31.5 Å². The van der Waals surface area contributed by atoms with E-state index in [4.69, 9.17) is 0 Å². The van der Waals surface area contributed by atoms with Crippen molar-refractivity contribution in [3.05, 3.63) is 53.7 Å². The lowest BCUT2D eigenvalue weighted by atomic mass is 10.2. The van der Waals surface area contributed by atoms with Crippen molar-refractivity contribution in [3.63, 3.8) is 0 Å². The highest BCUT2D eigenvalue weighted by molar-refractivity contribution is 5.95. The molecule has 0 unspecified atom stereocenters. The highest BCUT2D eigenvalue weighted by Gasteiger charge is 2.30. The summed E-state index contributed by atoms with van der Waals surface area (Å²) in [6.07, 6.45) is -3.01. The van der Waals surface area contributed by atoms with Crippen LogP contribution in [0.1, 0.15) is 22.8 Å². The number of rotatable bonds is 3. The van der Waals surface area contributed by atoms with Crippen LogP contribution in [0.25, 0.3) is 0 Å². The van der Waals surface area contributed by atoms with Gasteiger partial charge in [0.15, 0.2) is 0 Å². The maximum absolute atomic E-state index is 12.8. The summed E-state index contributed by atoms with van der Waals surface area (Å²) in [5, 5.41) is 2.80. The zero-order chi connectivity index (χ0) is 20.3. The lowest BCUT2D eigenvalue weighted by Gasteiger charge is -2.34. The summed E-state index contributed by atoms with van der Waals surface area (Å²) < 4.78 is 38.5. The number of piperazine rings is 1. The fourth-order valence-corrected chi connectivity index (χ4v) is 2.96. The third-order valence-electron chi connectivity index (χ3n) is 4.48. The average Bonchev–Trinajstić information content (AvgIpc) is 2.67. The van der Waals surface area contributed by atoms with Gasteiger partial charge in [-0.15, -0.1) is 0 Å². The van der Waals surface area contributed by atoms with Gasteiger partial charge in [0.05, 0.1) is 5.56 Å². The SMILES string of the molecule is CC(=O)N1CCN(C(=O)c2ccnc(Nc3cccc(C(F)(F)F)c3)c2)CC1. The summed E-state index contributed by atoms with van der Waals surface area (Å²) in [5.74, 6) is 0.0359. The molecule has 3 rings (SSSR count). The number of pyridine rings is 1. The van der Waals surface area contributed by atoms with Crippen molar-refractivity contribution in [2.45, 2.75) is 13.1 Å². The molecule has 0 atom stereocenters. The van der Waals surface area contributed by atoms with Crippen LogP contribution >= 0.6 is 0 Å². The van der Waals surface area contributed by atoms with Crippen molar-refractivity contribution in [1.29, 1.82) is 0 Å². The first-order valence-corrected chi connectivity index (χ1v) is 8.69. The number of carbonyl (C=O) groups is 2. The molecular weight excluding hydrogens is 373 g/mol. The molecule has 9 heteroatoms. The van der Waals surface area contributed by atoms with Gasteiger partial charge in [0.1, 0.15) is 5.82 Å². The van der Waals surface area contributed by atoms with Crippen LogP contribution in [0.3, 0.4) is 0 Å². The topological polar surface area (TPSA) is 65.5 Å². The van der Waals surface area contributed by atoms with Crippen molar-refractivity contribution >= 4 is 23.3 Å². The molecule has 0 aliphatic carbocycles. The summed E-state index contributed by atoms with van der Waals surface area (Å²) in [7, 11) is 0. The smallest absolute Gasteiger partial charge is 0.340 e. The highest BCUT2D eigenvalue weighted by Crippen LogP contribution is 2.31. The van der Waals surface area contributed by atoms with Crippen molar-refractivity contribution in [1.82, 2.24) is 14.8 Å². The number of nitrogens with one attached hydrogen (secondary N) is 1. The van der Waals surface area contributed by atoms with Crippen LogP contribution in [0.4, 0.5) is 24.7 Å². The first-order valence-electron chi connectivity index (χ1n) is 8.69. The number of alkyl halides is 3. The minimum atomic E-state index is -4.44. The number of anilines is 2. The molecule has 1 N–H and O–H groups in total. The Kier molecular flexibility index (Phi) is 5.53. The molecule has 0 bridgehead atoms. The van der Waals surface area contributed by atoms with Gasteiger partial charge in [0.2, 0.25) is 5.91 Å². The van der Waals surface area contributed by atoms with E-state index in [-0.39, 0.29) is 23.3 Å². The summed E-state index contributed by atoms with van der Waals surface area (Å²) in [4.78, 5) is 31.5. The van der Waals surface area contributed by atoms with Crippen LogP contribution in [0, 0.1) is 0 Å². The van der Waals surface area contributed by atoms with E-state index < -0.39 is 11.7 Å². The van der Waals surface area contributed by atoms with Gasteiger partial charge >= 0.3 is 6.18 Å². The number of aromatic nitrogens is 1. The number of amides is 2. The predicted octanol–water partition coefficient (Wildman–Crippen LogP) is 3.15. The molecule has 2 aromatic rings. The molecule has 0 saturated carbocycles. The number of hydrogen-bond acceptors (Lipinski definition) is 4. The van der Waals surface area contributed by atoms with Gasteiger partial charge in [-0.05, 0) is 30.3 Å². The Hall–Kier alpha value is -3.10. The maximum atomic E-state index is 12.8. The normalized spacial score (nSPS) is 14.7. The molecule has 2 heterocycles. The Morgan fingerprint density at radius 3 is 2.36 bits per heavy atom. The van der Waals surface area contributed by atoms with Gasteiger partial charge in [0.25, 0.3) is 5.91 Å².